The molecule has 1 aliphatic heterocycles. The molecule has 4 rings (SSSR count). The van der Waals surface area contributed by atoms with Crippen LogP contribution in [0.3, 0.4) is 0 Å². The fraction of sp³-hybridized carbons (Fsp3) is 0.333. The number of piperazine rings is 1. The number of hydrogen-bond acceptors (Lipinski definition) is 7. The minimum atomic E-state index is -0.424. The number of thiazole rings is 1. The number of carbonyl (C=O) groups excluding carboxylic acids is 2. The number of aryl methyl sites for hydroxylation is 1. The summed E-state index contributed by atoms with van der Waals surface area (Å²) >= 11 is 1.65. The maximum Gasteiger partial charge on any atom is 0.273 e. The number of nitrogens with one attached hydrogen (secondary N) is 1. The molecule has 0 spiro atoms. The van der Waals surface area contributed by atoms with Crippen molar-refractivity contribution in [3.63, 3.8) is 0 Å². The van der Waals surface area contributed by atoms with Crippen LogP contribution in [-0.2, 0) is 11.3 Å². The number of nitrogens with zero attached hydrogens (tertiary/aromatic N) is 4. The molecule has 0 saturated carbocycles. The molecule has 0 bridgehead atoms. The molecule has 3 heterocycles. The van der Waals surface area contributed by atoms with Crippen LogP contribution in [0.1, 0.15) is 21.2 Å². The van der Waals surface area contributed by atoms with Gasteiger partial charge in [-0.25, -0.2) is 4.98 Å². The summed E-state index contributed by atoms with van der Waals surface area (Å²) in [4.78, 5) is 33.3. The van der Waals surface area contributed by atoms with Gasteiger partial charge in [0, 0.05) is 49.7 Å². The molecule has 1 aromatic carbocycles. The van der Waals surface area contributed by atoms with Crippen molar-refractivity contribution in [3.05, 3.63) is 58.2 Å². The Hall–Kier alpha value is -3.04. The summed E-state index contributed by atoms with van der Waals surface area (Å²) in [5.41, 5.74) is 2.07. The lowest BCUT2D eigenvalue weighted by molar-refractivity contribution is -0.131. The van der Waals surface area contributed by atoms with E-state index in [4.69, 9.17) is 4.52 Å². The van der Waals surface area contributed by atoms with Crippen molar-refractivity contribution >= 4 is 23.2 Å². The van der Waals surface area contributed by atoms with E-state index in [1.807, 2.05) is 37.3 Å². The van der Waals surface area contributed by atoms with E-state index in [2.05, 4.69) is 25.7 Å². The summed E-state index contributed by atoms with van der Waals surface area (Å²) < 4.78 is 5.24. The van der Waals surface area contributed by atoms with Crippen molar-refractivity contribution in [3.8, 4) is 11.3 Å². The fourth-order valence-corrected chi connectivity index (χ4v) is 3.95. The Morgan fingerprint density at radius 2 is 1.93 bits per heavy atom. The molecule has 9 heteroatoms. The van der Waals surface area contributed by atoms with Crippen molar-refractivity contribution in [2.45, 2.75) is 13.5 Å². The van der Waals surface area contributed by atoms with E-state index in [9.17, 15) is 9.59 Å². The number of aromatic nitrogens is 2. The van der Waals surface area contributed by atoms with E-state index in [1.54, 1.807) is 22.3 Å². The Bertz CT molecular complexity index is 1010. The molecule has 2 aromatic heterocycles. The largest absolute Gasteiger partial charge is 0.355 e. The molecule has 0 aliphatic carbocycles. The number of carbonyl (C=O) groups is 2. The number of amides is 2. The molecule has 0 atom stereocenters. The maximum atomic E-state index is 12.5. The average molecular weight is 426 g/mol. The first-order valence-electron chi connectivity index (χ1n) is 9.80. The first-order valence-corrected chi connectivity index (χ1v) is 10.7. The average Bonchev–Trinajstić information content (AvgIpc) is 3.42. The molecule has 0 unspecified atom stereocenters. The second kappa shape index (κ2) is 9.19. The minimum Gasteiger partial charge on any atom is -0.355 e. The Morgan fingerprint density at radius 1 is 1.17 bits per heavy atom. The van der Waals surface area contributed by atoms with E-state index in [1.165, 1.54) is 0 Å². The van der Waals surface area contributed by atoms with Crippen molar-refractivity contribution < 1.29 is 14.1 Å². The van der Waals surface area contributed by atoms with Crippen LogP contribution in [0.2, 0.25) is 0 Å². The summed E-state index contributed by atoms with van der Waals surface area (Å²) in [6.07, 6.45) is 0. The van der Waals surface area contributed by atoms with Crippen molar-refractivity contribution in [1.29, 1.82) is 0 Å². The summed E-state index contributed by atoms with van der Waals surface area (Å²) in [5.74, 6) is -0.00963. The zero-order valence-corrected chi connectivity index (χ0v) is 17.5. The van der Waals surface area contributed by atoms with E-state index >= 15 is 0 Å². The molecule has 1 saturated heterocycles. The standard InChI is InChI=1S/C21H23N5O3S/c1-15-23-17(14-30-15)13-25-7-9-26(10-8-25)20(27)12-22-21(28)18-11-19(29-24-18)16-5-3-2-4-6-16/h2-6,11,14H,7-10,12-13H2,1H3,(H,22,28). The summed E-state index contributed by atoms with van der Waals surface area (Å²) in [6.45, 7) is 5.61. The molecule has 0 radical (unpaired) electrons. The number of hydrogen-bond donors (Lipinski definition) is 1. The van der Waals surface area contributed by atoms with E-state index in [0.717, 1.165) is 35.9 Å². The zero-order valence-electron chi connectivity index (χ0n) is 16.7. The third kappa shape index (κ3) is 4.92. The van der Waals surface area contributed by atoms with Gasteiger partial charge in [0.15, 0.2) is 11.5 Å². The van der Waals surface area contributed by atoms with Gasteiger partial charge in [-0.1, -0.05) is 35.5 Å². The second-order valence-corrected chi connectivity index (χ2v) is 8.20. The van der Waals surface area contributed by atoms with Gasteiger partial charge in [0.2, 0.25) is 5.91 Å². The molecule has 1 fully saturated rings. The molecule has 1 aliphatic rings. The lowest BCUT2D eigenvalue weighted by atomic mass is 10.1. The minimum absolute atomic E-state index is 0.0579. The molecular weight excluding hydrogens is 402 g/mol. The second-order valence-electron chi connectivity index (χ2n) is 7.14. The van der Waals surface area contributed by atoms with E-state index < -0.39 is 5.91 Å². The Morgan fingerprint density at radius 3 is 2.63 bits per heavy atom. The molecule has 8 nitrogen and oxygen atoms in total. The summed E-state index contributed by atoms with van der Waals surface area (Å²) in [7, 11) is 0. The third-order valence-electron chi connectivity index (χ3n) is 4.98. The van der Waals surface area contributed by atoms with Gasteiger partial charge in [-0.05, 0) is 6.92 Å². The van der Waals surface area contributed by atoms with Gasteiger partial charge in [0.25, 0.3) is 5.91 Å². The van der Waals surface area contributed by atoms with Crippen molar-refractivity contribution in [2.75, 3.05) is 32.7 Å². The molecular formula is C21H23N5O3S. The van der Waals surface area contributed by atoms with Crippen molar-refractivity contribution in [1.82, 2.24) is 25.3 Å². The van der Waals surface area contributed by atoms with Gasteiger partial charge in [0.1, 0.15) is 0 Å². The highest BCUT2D eigenvalue weighted by Gasteiger charge is 2.22. The molecule has 1 N–H and O–H groups in total. The van der Waals surface area contributed by atoms with Crippen LogP contribution in [0.5, 0.6) is 0 Å². The van der Waals surface area contributed by atoms with Crippen LogP contribution in [0, 0.1) is 6.92 Å². The normalized spacial score (nSPS) is 14.6. The monoisotopic (exact) mass is 425 g/mol. The maximum absolute atomic E-state index is 12.5. The predicted octanol–water partition coefficient (Wildman–Crippen LogP) is 2.18. The third-order valence-corrected chi connectivity index (χ3v) is 5.80. The lowest BCUT2D eigenvalue weighted by Gasteiger charge is -2.34. The molecule has 2 amide bonds. The quantitative estimate of drug-likeness (QED) is 0.651. The van der Waals surface area contributed by atoms with Gasteiger partial charge in [0.05, 0.1) is 17.2 Å². The van der Waals surface area contributed by atoms with E-state index in [0.29, 0.717) is 18.8 Å². The van der Waals surface area contributed by atoms with Crippen LogP contribution < -0.4 is 5.32 Å². The lowest BCUT2D eigenvalue weighted by Crippen LogP contribution is -2.50. The van der Waals surface area contributed by atoms with E-state index in [-0.39, 0.29) is 18.1 Å². The fourth-order valence-electron chi connectivity index (χ4n) is 3.34. The van der Waals surface area contributed by atoms with Crippen LogP contribution in [-0.4, -0.2) is 64.5 Å². The highest BCUT2D eigenvalue weighted by atomic mass is 32.1. The predicted molar refractivity (Wildman–Crippen MR) is 113 cm³/mol. The highest BCUT2D eigenvalue weighted by Crippen LogP contribution is 2.19. The topological polar surface area (TPSA) is 91.6 Å². The Kier molecular flexibility index (Phi) is 6.20. The Balaban J connectivity index is 1.23. The molecule has 156 valence electrons. The first-order chi connectivity index (χ1) is 14.6. The van der Waals surface area contributed by atoms with Gasteiger partial charge >= 0.3 is 0 Å². The van der Waals surface area contributed by atoms with Crippen LogP contribution in [0.4, 0.5) is 0 Å². The highest BCUT2D eigenvalue weighted by molar-refractivity contribution is 7.09. The molecule has 3 aromatic rings. The van der Waals surface area contributed by atoms with Crippen molar-refractivity contribution in [2.24, 2.45) is 0 Å². The van der Waals surface area contributed by atoms with Crippen LogP contribution in [0.25, 0.3) is 11.3 Å². The van der Waals surface area contributed by atoms with Gasteiger partial charge in [-0.3, -0.25) is 14.5 Å². The smallest absolute Gasteiger partial charge is 0.273 e. The van der Waals surface area contributed by atoms with Crippen LogP contribution in [0.15, 0.2) is 46.3 Å². The SMILES string of the molecule is Cc1nc(CN2CCN(C(=O)CNC(=O)c3cc(-c4ccccc4)on3)CC2)cs1. The van der Waals surface area contributed by atoms with Gasteiger partial charge in [-0.2, -0.15) is 0 Å². The van der Waals surface area contributed by atoms with Gasteiger partial charge in [-0.15, -0.1) is 11.3 Å². The number of rotatable bonds is 6. The number of benzene rings is 1. The first kappa shape index (κ1) is 20.2. The Labute approximate surface area is 178 Å². The summed E-state index contributed by atoms with van der Waals surface area (Å²) in [6, 6.07) is 11.0. The van der Waals surface area contributed by atoms with Gasteiger partial charge < -0.3 is 14.7 Å². The summed E-state index contributed by atoms with van der Waals surface area (Å²) in [5, 5.41) is 9.60. The molecule has 30 heavy (non-hydrogen) atoms. The zero-order chi connectivity index (χ0) is 20.9. The van der Waals surface area contributed by atoms with Crippen LogP contribution >= 0.6 is 11.3 Å².